The van der Waals surface area contributed by atoms with E-state index in [1.807, 2.05) is 24.3 Å². The van der Waals surface area contributed by atoms with E-state index in [1.165, 1.54) is 6.21 Å². The summed E-state index contributed by atoms with van der Waals surface area (Å²) in [6.07, 6.45) is 2.50. The van der Waals surface area contributed by atoms with Crippen LogP contribution in [0.2, 0.25) is 5.02 Å². The first-order valence-corrected chi connectivity index (χ1v) is 12.8. The van der Waals surface area contributed by atoms with E-state index in [2.05, 4.69) is 26.5 Å². The van der Waals surface area contributed by atoms with Crippen molar-refractivity contribution in [2.24, 2.45) is 5.10 Å². The molecule has 0 aliphatic carbocycles. The smallest absolute Gasteiger partial charge is 0.260 e. The third kappa shape index (κ3) is 7.59. The molecular formula is C23H21BrClN3O4S. The number of halogens is 2. The van der Waals surface area contributed by atoms with Crippen molar-refractivity contribution in [1.29, 1.82) is 0 Å². The summed E-state index contributed by atoms with van der Waals surface area (Å²) in [6, 6.07) is 21.3. The van der Waals surface area contributed by atoms with E-state index in [0.29, 0.717) is 27.5 Å². The number of ether oxygens (including phenoxy) is 1. The topological polar surface area (TPSA) is 88.1 Å². The lowest BCUT2D eigenvalue weighted by Gasteiger charge is -2.21. The normalized spacial score (nSPS) is 11.4. The predicted molar refractivity (Wildman–Crippen MR) is 134 cm³/mol. The molecule has 0 saturated carbocycles. The van der Waals surface area contributed by atoms with Crippen molar-refractivity contribution >= 4 is 55.4 Å². The Labute approximate surface area is 206 Å². The zero-order chi connectivity index (χ0) is 23.8. The number of nitrogens with one attached hydrogen (secondary N) is 1. The number of benzene rings is 3. The molecule has 172 valence electrons. The van der Waals surface area contributed by atoms with Gasteiger partial charge in [-0.1, -0.05) is 51.8 Å². The first-order chi connectivity index (χ1) is 15.7. The summed E-state index contributed by atoms with van der Waals surface area (Å²) >= 11 is 9.43. The van der Waals surface area contributed by atoms with Gasteiger partial charge in [0.1, 0.15) is 18.9 Å². The summed E-state index contributed by atoms with van der Waals surface area (Å²) in [4.78, 5) is 12.3. The average molecular weight is 551 g/mol. The van der Waals surface area contributed by atoms with E-state index >= 15 is 0 Å². The molecule has 33 heavy (non-hydrogen) atoms. The number of nitrogens with zero attached hydrogens (tertiary/aromatic N) is 2. The zero-order valence-electron chi connectivity index (χ0n) is 17.6. The summed E-state index contributed by atoms with van der Waals surface area (Å²) in [5.74, 6) is 0.0882. The van der Waals surface area contributed by atoms with Crippen LogP contribution in [0.5, 0.6) is 5.75 Å². The second-order valence-corrected chi connectivity index (χ2v) is 10.2. The van der Waals surface area contributed by atoms with Gasteiger partial charge in [-0.05, 0) is 54.1 Å². The largest absolute Gasteiger partial charge is 0.489 e. The standard InChI is InChI=1S/C23H21BrClN3O4S/c1-33(30,31)28(20-7-4-6-19(24)13-20)15-23(29)27-26-14-17-9-11-21(12-10-17)32-16-18-5-2-3-8-22(18)25/h2-14H,15-16H2,1H3,(H,27,29)/b26-14-. The summed E-state index contributed by atoms with van der Waals surface area (Å²) in [5, 5.41) is 4.55. The molecule has 3 aromatic carbocycles. The Bertz CT molecular complexity index is 1250. The second-order valence-electron chi connectivity index (χ2n) is 6.99. The van der Waals surface area contributed by atoms with Crippen LogP contribution in [-0.4, -0.2) is 33.3 Å². The van der Waals surface area contributed by atoms with Gasteiger partial charge in [-0.15, -0.1) is 0 Å². The van der Waals surface area contributed by atoms with Crippen LogP contribution in [0.1, 0.15) is 11.1 Å². The number of carbonyl (C=O) groups is 1. The molecule has 1 N–H and O–H groups in total. The van der Waals surface area contributed by atoms with Gasteiger partial charge in [0.2, 0.25) is 10.0 Å². The Morgan fingerprint density at radius 2 is 1.85 bits per heavy atom. The fourth-order valence-electron chi connectivity index (χ4n) is 2.80. The van der Waals surface area contributed by atoms with Crippen LogP contribution in [0, 0.1) is 0 Å². The van der Waals surface area contributed by atoms with E-state index in [9.17, 15) is 13.2 Å². The number of hydrogen-bond donors (Lipinski definition) is 1. The van der Waals surface area contributed by atoms with Crippen LogP contribution in [0.15, 0.2) is 82.4 Å². The summed E-state index contributed by atoms with van der Waals surface area (Å²) in [5.41, 5.74) is 4.34. The molecule has 3 rings (SSSR count). The molecule has 0 spiro atoms. The summed E-state index contributed by atoms with van der Waals surface area (Å²) in [7, 11) is -3.66. The van der Waals surface area contributed by atoms with E-state index in [1.54, 1.807) is 48.5 Å². The molecule has 3 aromatic rings. The number of amides is 1. The lowest BCUT2D eigenvalue weighted by molar-refractivity contribution is -0.119. The number of hydrogen-bond acceptors (Lipinski definition) is 5. The highest BCUT2D eigenvalue weighted by Gasteiger charge is 2.20. The first kappa shape index (κ1) is 24.8. The third-order valence-corrected chi connectivity index (χ3v) is 6.42. The maximum absolute atomic E-state index is 12.3. The highest BCUT2D eigenvalue weighted by Crippen LogP contribution is 2.22. The van der Waals surface area contributed by atoms with Gasteiger partial charge in [0.05, 0.1) is 18.2 Å². The van der Waals surface area contributed by atoms with Crippen LogP contribution in [0.4, 0.5) is 5.69 Å². The van der Waals surface area contributed by atoms with E-state index in [0.717, 1.165) is 21.7 Å². The molecule has 0 atom stereocenters. The lowest BCUT2D eigenvalue weighted by atomic mass is 10.2. The van der Waals surface area contributed by atoms with Gasteiger partial charge < -0.3 is 4.74 Å². The van der Waals surface area contributed by atoms with Crippen molar-refractivity contribution in [3.05, 3.63) is 93.4 Å². The fourth-order valence-corrected chi connectivity index (χ4v) is 4.23. The highest BCUT2D eigenvalue weighted by atomic mass is 79.9. The molecule has 1 amide bonds. The Balaban J connectivity index is 1.55. The van der Waals surface area contributed by atoms with Gasteiger partial charge in [-0.25, -0.2) is 13.8 Å². The van der Waals surface area contributed by atoms with Crippen molar-refractivity contribution in [2.75, 3.05) is 17.1 Å². The highest BCUT2D eigenvalue weighted by molar-refractivity contribution is 9.10. The van der Waals surface area contributed by atoms with Gasteiger partial charge in [0, 0.05) is 15.1 Å². The van der Waals surface area contributed by atoms with Gasteiger partial charge in [-0.3, -0.25) is 9.10 Å². The van der Waals surface area contributed by atoms with Crippen molar-refractivity contribution in [3.8, 4) is 5.75 Å². The van der Waals surface area contributed by atoms with Gasteiger partial charge >= 0.3 is 0 Å². The molecule has 0 aliphatic rings. The van der Waals surface area contributed by atoms with E-state index in [-0.39, 0.29) is 0 Å². The second kappa shape index (κ2) is 11.3. The maximum atomic E-state index is 12.3. The van der Waals surface area contributed by atoms with Crippen molar-refractivity contribution in [2.45, 2.75) is 6.61 Å². The third-order valence-electron chi connectivity index (χ3n) is 4.42. The van der Waals surface area contributed by atoms with E-state index in [4.69, 9.17) is 16.3 Å². The van der Waals surface area contributed by atoms with Crippen LogP contribution in [-0.2, 0) is 21.4 Å². The molecule has 0 bridgehead atoms. The number of rotatable bonds is 9. The molecule has 0 saturated heterocycles. The average Bonchev–Trinajstić information content (AvgIpc) is 2.77. The molecule has 0 aliphatic heterocycles. The Hall–Kier alpha value is -2.88. The minimum Gasteiger partial charge on any atom is -0.489 e. The van der Waals surface area contributed by atoms with Gasteiger partial charge in [0.15, 0.2) is 0 Å². The number of sulfonamides is 1. The Kier molecular flexibility index (Phi) is 8.49. The minimum absolute atomic E-state index is 0.345. The molecule has 10 heteroatoms. The molecule has 0 radical (unpaired) electrons. The predicted octanol–water partition coefficient (Wildman–Crippen LogP) is 4.60. The molecule has 0 fully saturated rings. The summed E-state index contributed by atoms with van der Waals surface area (Å²) in [6.45, 7) is -0.0561. The van der Waals surface area contributed by atoms with Crippen molar-refractivity contribution in [1.82, 2.24) is 5.43 Å². The zero-order valence-corrected chi connectivity index (χ0v) is 20.8. The van der Waals surface area contributed by atoms with Crippen LogP contribution < -0.4 is 14.5 Å². The molecule has 0 aromatic heterocycles. The molecule has 0 heterocycles. The van der Waals surface area contributed by atoms with Gasteiger partial charge in [0.25, 0.3) is 5.91 Å². The fraction of sp³-hybridized carbons (Fsp3) is 0.130. The molecule has 7 nitrogen and oxygen atoms in total. The monoisotopic (exact) mass is 549 g/mol. The quantitative estimate of drug-likeness (QED) is 0.312. The molecular weight excluding hydrogens is 530 g/mol. The van der Waals surface area contributed by atoms with Crippen molar-refractivity contribution < 1.29 is 17.9 Å². The number of anilines is 1. The lowest BCUT2D eigenvalue weighted by Crippen LogP contribution is -2.39. The maximum Gasteiger partial charge on any atom is 0.260 e. The van der Waals surface area contributed by atoms with E-state index < -0.39 is 22.5 Å². The van der Waals surface area contributed by atoms with Crippen LogP contribution in [0.3, 0.4) is 0 Å². The minimum atomic E-state index is -3.66. The number of hydrazone groups is 1. The number of carbonyl (C=O) groups excluding carboxylic acids is 1. The molecule has 0 unspecified atom stereocenters. The van der Waals surface area contributed by atoms with Crippen LogP contribution >= 0.6 is 27.5 Å². The SMILES string of the molecule is CS(=O)(=O)N(CC(=O)N/N=C\c1ccc(OCc2ccccc2Cl)cc1)c1cccc(Br)c1. The van der Waals surface area contributed by atoms with Crippen molar-refractivity contribution in [3.63, 3.8) is 0 Å². The van der Waals surface area contributed by atoms with Crippen LogP contribution in [0.25, 0.3) is 0 Å². The van der Waals surface area contributed by atoms with Gasteiger partial charge in [-0.2, -0.15) is 5.10 Å². The first-order valence-electron chi connectivity index (χ1n) is 9.74. The summed E-state index contributed by atoms with van der Waals surface area (Å²) < 4.78 is 31.7. The Morgan fingerprint density at radius 3 is 2.52 bits per heavy atom. The Morgan fingerprint density at radius 1 is 1.12 bits per heavy atom.